The van der Waals surface area contributed by atoms with Gasteiger partial charge in [0.15, 0.2) is 0 Å². The highest BCUT2D eigenvalue weighted by Crippen LogP contribution is 2.16. The second kappa shape index (κ2) is 6.36. The van der Waals surface area contributed by atoms with Crippen molar-refractivity contribution < 1.29 is 12.8 Å². The molecule has 7 heteroatoms. The topological polar surface area (TPSA) is 74.8 Å². The van der Waals surface area contributed by atoms with E-state index in [2.05, 4.69) is 14.9 Å². The van der Waals surface area contributed by atoms with Gasteiger partial charge >= 0.3 is 0 Å². The van der Waals surface area contributed by atoms with Crippen molar-refractivity contribution in [2.24, 2.45) is 0 Å². The maximum absolute atomic E-state index is 13.2. The number of nitrogens with one attached hydrogen (secondary N) is 2. The number of sulfonamides is 1. The van der Waals surface area contributed by atoms with Crippen LogP contribution in [0.2, 0.25) is 0 Å². The summed E-state index contributed by atoms with van der Waals surface area (Å²) >= 11 is 0. The number of aromatic nitrogens is 2. The monoisotopic (exact) mass is 311 g/mol. The van der Waals surface area contributed by atoms with Crippen LogP contribution in [0.1, 0.15) is 23.2 Å². The summed E-state index contributed by atoms with van der Waals surface area (Å²) < 4.78 is 40.0. The molecule has 2 N–H and O–H groups in total. The second-order valence-corrected chi connectivity index (χ2v) is 6.67. The first-order valence-electron chi connectivity index (χ1n) is 6.65. The van der Waals surface area contributed by atoms with Crippen molar-refractivity contribution in [2.75, 3.05) is 6.54 Å². The third-order valence-corrected chi connectivity index (χ3v) is 4.89. The Labute approximate surface area is 123 Å². The zero-order chi connectivity index (χ0) is 15.5. The van der Waals surface area contributed by atoms with E-state index in [-0.39, 0.29) is 4.90 Å². The highest BCUT2D eigenvalue weighted by Gasteiger charge is 2.17. The van der Waals surface area contributed by atoms with Crippen LogP contribution in [0, 0.1) is 19.7 Å². The third-order valence-electron chi connectivity index (χ3n) is 3.29. The molecule has 1 aromatic carbocycles. The molecule has 0 aliphatic heterocycles. The van der Waals surface area contributed by atoms with E-state index in [0.29, 0.717) is 18.5 Å². The van der Waals surface area contributed by atoms with E-state index in [0.717, 1.165) is 23.7 Å². The molecule has 0 atom stereocenters. The predicted molar refractivity (Wildman–Crippen MR) is 78.0 cm³/mol. The Bertz CT molecular complexity index is 726. The van der Waals surface area contributed by atoms with E-state index >= 15 is 0 Å². The lowest BCUT2D eigenvalue weighted by Crippen LogP contribution is -2.26. The summed E-state index contributed by atoms with van der Waals surface area (Å²) in [7, 11) is -3.68. The summed E-state index contributed by atoms with van der Waals surface area (Å²) in [5.74, 6) is -0.560. The Morgan fingerprint density at radius 3 is 2.76 bits per heavy atom. The fourth-order valence-corrected chi connectivity index (χ4v) is 3.38. The van der Waals surface area contributed by atoms with Gasteiger partial charge in [-0.2, -0.15) is 5.10 Å². The van der Waals surface area contributed by atoms with E-state index in [1.165, 1.54) is 12.1 Å². The average molecular weight is 311 g/mol. The van der Waals surface area contributed by atoms with Gasteiger partial charge in [0.25, 0.3) is 0 Å². The first-order valence-corrected chi connectivity index (χ1v) is 8.13. The van der Waals surface area contributed by atoms with Gasteiger partial charge in [0, 0.05) is 12.2 Å². The number of halogens is 1. The standard InChI is InChI=1S/C14H18FN3O2S/c1-10-5-6-13(15)8-14(10)21(19,20)17-7-3-4-12-9-16-18-11(12)2/h5-6,8-9,17H,3-4,7H2,1-2H3,(H,16,18). The quantitative estimate of drug-likeness (QED) is 0.802. The zero-order valence-corrected chi connectivity index (χ0v) is 12.8. The number of nitrogens with zero attached hydrogens (tertiary/aromatic N) is 1. The lowest BCUT2D eigenvalue weighted by atomic mass is 10.1. The number of hydrogen-bond donors (Lipinski definition) is 2. The van der Waals surface area contributed by atoms with Gasteiger partial charge in [0.05, 0.1) is 11.1 Å². The summed E-state index contributed by atoms with van der Waals surface area (Å²) in [4.78, 5) is -0.0120. The van der Waals surface area contributed by atoms with Gasteiger partial charge in [0.2, 0.25) is 10.0 Å². The molecule has 114 valence electrons. The van der Waals surface area contributed by atoms with Gasteiger partial charge in [-0.15, -0.1) is 0 Å². The highest BCUT2D eigenvalue weighted by atomic mass is 32.2. The zero-order valence-electron chi connectivity index (χ0n) is 12.0. The van der Waals surface area contributed by atoms with Crippen molar-refractivity contribution in [3.8, 4) is 0 Å². The molecule has 2 aromatic rings. The lowest BCUT2D eigenvalue weighted by Gasteiger charge is -2.09. The van der Waals surface area contributed by atoms with Crippen molar-refractivity contribution >= 4 is 10.0 Å². The maximum atomic E-state index is 13.2. The fourth-order valence-electron chi connectivity index (χ4n) is 2.05. The summed E-state index contributed by atoms with van der Waals surface area (Å²) in [6.07, 6.45) is 3.11. The maximum Gasteiger partial charge on any atom is 0.240 e. The number of aromatic amines is 1. The van der Waals surface area contributed by atoms with Crippen molar-refractivity contribution in [1.29, 1.82) is 0 Å². The van der Waals surface area contributed by atoms with Crippen LogP contribution in [0.15, 0.2) is 29.3 Å². The molecule has 1 heterocycles. The largest absolute Gasteiger partial charge is 0.283 e. The van der Waals surface area contributed by atoms with Gasteiger partial charge in [-0.05, 0) is 49.9 Å². The number of benzene rings is 1. The smallest absolute Gasteiger partial charge is 0.240 e. The molecule has 0 saturated carbocycles. The van der Waals surface area contributed by atoms with Gasteiger partial charge < -0.3 is 0 Å². The SMILES string of the molecule is Cc1ccc(F)cc1S(=O)(=O)NCCCc1cn[nH]c1C. The molecule has 0 saturated heterocycles. The molecule has 0 bridgehead atoms. The van der Waals surface area contributed by atoms with Crippen LogP contribution in [0.25, 0.3) is 0 Å². The van der Waals surface area contributed by atoms with Crippen LogP contribution < -0.4 is 4.72 Å². The van der Waals surface area contributed by atoms with E-state index in [4.69, 9.17) is 0 Å². The number of hydrogen-bond acceptors (Lipinski definition) is 3. The van der Waals surface area contributed by atoms with Crippen molar-refractivity contribution in [1.82, 2.24) is 14.9 Å². The fraction of sp³-hybridized carbons (Fsp3) is 0.357. The molecule has 0 fully saturated rings. The summed E-state index contributed by atoms with van der Waals surface area (Å²) in [5, 5.41) is 6.75. The molecule has 0 unspecified atom stereocenters. The lowest BCUT2D eigenvalue weighted by molar-refractivity contribution is 0.574. The average Bonchev–Trinajstić information content (AvgIpc) is 2.83. The van der Waals surface area contributed by atoms with Crippen molar-refractivity contribution in [3.05, 3.63) is 47.0 Å². The molecule has 0 spiro atoms. The molecule has 21 heavy (non-hydrogen) atoms. The van der Waals surface area contributed by atoms with Crippen molar-refractivity contribution in [2.45, 2.75) is 31.6 Å². The van der Waals surface area contributed by atoms with Crippen LogP contribution in [-0.2, 0) is 16.4 Å². The van der Waals surface area contributed by atoms with E-state index in [9.17, 15) is 12.8 Å². The van der Waals surface area contributed by atoms with Gasteiger partial charge in [-0.1, -0.05) is 6.07 Å². The Balaban J connectivity index is 1.95. The van der Waals surface area contributed by atoms with Gasteiger partial charge in [-0.3, -0.25) is 5.10 Å². The molecular formula is C14H18FN3O2S. The number of aryl methyl sites for hydroxylation is 3. The molecule has 0 aliphatic rings. The Kier molecular flexibility index (Phi) is 4.74. The van der Waals surface area contributed by atoms with Crippen LogP contribution in [0.3, 0.4) is 0 Å². The minimum atomic E-state index is -3.68. The van der Waals surface area contributed by atoms with Crippen molar-refractivity contribution in [3.63, 3.8) is 0 Å². The van der Waals surface area contributed by atoms with Crippen LogP contribution in [-0.4, -0.2) is 25.2 Å². The van der Waals surface area contributed by atoms with E-state index < -0.39 is 15.8 Å². The van der Waals surface area contributed by atoms with Crippen LogP contribution >= 0.6 is 0 Å². The predicted octanol–water partition coefficient (Wildman–Crippen LogP) is 2.08. The Morgan fingerprint density at radius 2 is 2.10 bits per heavy atom. The normalized spacial score (nSPS) is 11.8. The Morgan fingerprint density at radius 1 is 1.33 bits per heavy atom. The minimum Gasteiger partial charge on any atom is -0.283 e. The number of rotatable bonds is 6. The van der Waals surface area contributed by atoms with Gasteiger partial charge in [-0.25, -0.2) is 17.5 Å². The minimum absolute atomic E-state index is 0.0120. The third kappa shape index (κ3) is 3.89. The summed E-state index contributed by atoms with van der Waals surface area (Å²) in [6, 6.07) is 3.74. The first kappa shape index (κ1) is 15.7. The van der Waals surface area contributed by atoms with Gasteiger partial charge in [0.1, 0.15) is 5.82 Å². The van der Waals surface area contributed by atoms with Crippen LogP contribution in [0.4, 0.5) is 4.39 Å². The Hall–Kier alpha value is -1.73. The van der Waals surface area contributed by atoms with E-state index in [1.807, 2.05) is 6.92 Å². The second-order valence-electron chi connectivity index (χ2n) is 4.93. The molecule has 1 aromatic heterocycles. The first-order chi connectivity index (χ1) is 9.90. The summed E-state index contributed by atoms with van der Waals surface area (Å²) in [6.45, 7) is 3.86. The molecular weight excluding hydrogens is 293 g/mol. The van der Waals surface area contributed by atoms with Crippen LogP contribution in [0.5, 0.6) is 0 Å². The molecule has 0 radical (unpaired) electrons. The molecule has 0 amide bonds. The summed E-state index contributed by atoms with van der Waals surface area (Å²) in [5.41, 5.74) is 2.57. The molecule has 5 nitrogen and oxygen atoms in total. The molecule has 0 aliphatic carbocycles. The highest BCUT2D eigenvalue weighted by molar-refractivity contribution is 7.89. The van der Waals surface area contributed by atoms with E-state index in [1.54, 1.807) is 13.1 Å². The molecule has 2 rings (SSSR count). The number of H-pyrrole nitrogens is 1.